The quantitative estimate of drug-likeness (QED) is 0.757. The fourth-order valence-electron chi connectivity index (χ4n) is 5.39. The Kier molecular flexibility index (Phi) is 5.53. The van der Waals surface area contributed by atoms with E-state index in [-0.39, 0.29) is 17.2 Å². The minimum absolute atomic E-state index is 0.0688. The van der Waals surface area contributed by atoms with Gasteiger partial charge in [0.2, 0.25) is 5.91 Å². The first kappa shape index (κ1) is 19.9. The molecule has 0 aromatic heterocycles. The molecule has 0 N–H and O–H groups in total. The zero-order chi connectivity index (χ0) is 19.8. The third-order valence-corrected chi connectivity index (χ3v) is 7.87. The molecule has 2 saturated heterocycles. The Labute approximate surface area is 169 Å². The normalized spacial score (nSPS) is 26.0. The lowest BCUT2D eigenvalue weighted by Gasteiger charge is -2.38. The number of nitrogens with zero attached hydrogens (tertiary/aromatic N) is 2. The van der Waals surface area contributed by atoms with Crippen LogP contribution in [0.3, 0.4) is 0 Å². The number of fused-ring (bicyclic) bond motifs is 1. The van der Waals surface area contributed by atoms with Crippen LogP contribution in [0.4, 0.5) is 0 Å². The number of benzene rings is 1. The van der Waals surface area contributed by atoms with Crippen molar-refractivity contribution in [3.8, 4) is 0 Å². The van der Waals surface area contributed by atoms with Crippen molar-refractivity contribution in [1.29, 1.82) is 0 Å². The summed E-state index contributed by atoms with van der Waals surface area (Å²) in [6.45, 7) is 3.34. The van der Waals surface area contributed by atoms with Gasteiger partial charge in [0.1, 0.15) is 9.84 Å². The first-order valence-electron chi connectivity index (χ1n) is 10.7. The summed E-state index contributed by atoms with van der Waals surface area (Å²) in [7, 11) is -3.06. The molecule has 2 aliphatic heterocycles. The van der Waals surface area contributed by atoms with Crippen molar-refractivity contribution in [2.45, 2.75) is 63.5 Å². The van der Waals surface area contributed by atoms with E-state index in [4.69, 9.17) is 0 Å². The minimum atomic E-state index is -3.06. The van der Waals surface area contributed by atoms with Gasteiger partial charge in [-0.05, 0) is 68.2 Å². The van der Waals surface area contributed by atoms with Crippen molar-refractivity contribution < 1.29 is 13.2 Å². The number of carbonyl (C=O) groups excluding carboxylic acids is 1. The molecule has 28 heavy (non-hydrogen) atoms. The summed E-state index contributed by atoms with van der Waals surface area (Å²) < 4.78 is 23.2. The molecular weight excluding hydrogens is 372 g/mol. The molecule has 3 aliphatic rings. The van der Waals surface area contributed by atoms with Crippen LogP contribution >= 0.6 is 0 Å². The van der Waals surface area contributed by atoms with Gasteiger partial charge in [0.05, 0.1) is 5.75 Å². The Morgan fingerprint density at radius 3 is 2.64 bits per heavy atom. The van der Waals surface area contributed by atoms with Crippen LogP contribution in [0.15, 0.2) is 18.2 Å². The highest BCUT2D eigenvalue weighted by Crippen LogP contribution is 2.39. The molecule has 6 heteroatoms. The summed E-state index contributed by atoms with van der Waals surface area (Å²) in [6, 6.07) is 6.97. The van der Waals surface area contributed by atoms with Crippen LogP contribution in [-0.2, 0) is 34.0 Å². The number of amides is 1. The molecule has 1 spiro atoms. The van der Waals surface area contributed by atoms with Crippen LogP contribution < -0.4 is 0 Å². The maximum atomic E-state index is 12.5. The highest BCUT2D eigenvalue weighted by atomic mass is 32.2. The fraction of sp³-hybridized carbons (Fsp3) is 0.682. The summed E-state index contributed by atoms with van der Waals surface area (Å²) in [4.78, 5) is 16.9. The van der Waals surface area contributed by atoms with Crippen molar-refractivity contribution in [2.24, 2.45) is 0 Å². The lowest BCUT2D eigenvalue weighted by atomic mass is 9.88. The molecule has 1 atom stereocenters. The summed E-state index contributed by atoms with van der Waals surface area (Å²) in [5.74, 6) is 0.204. The average Bonchev–Trinajstić information content (AvgIpc) is 3.15. The predicted octanol–water partition coefficient (Wildman–Crippen LogP) is 2.57. The Morgan fingerprint density at radius 1 is 1.00 bits per heavy atom. The van der Waals surface area contributed by atoms with E-state index in [1.54, 1.807) is 0 Å². The van der Waals surface area contributed by atoms with Gasteiger partial charge in [0.25, 0.3) is 0 Å². The monoisotopic (exact) mass is 404 g/mol. The van der Waals surface area contributed by atoms with Crippen molar-refractivity contribution in [1.82, 2.24) is 9.80 Å². The second-order valence-electron chi connectivity index (χ2n) is 8.99. The van der Waals surface area contributed by atoms with Crippen molar-refractivity contribution in [3.05, 3.63) is 34.9 Å². The Hall–Kier alpha value is -1.40. The molecule has 154 valence electrons. The molecular formula is C22H32N2O3S. The molecule has 0 saturated carbocycles. The number of rotatable bonds is 5. The fourth-order valence-corrected chi connectivity index (χ4v) is 5.90. The molecule has 2 fully saturated rings. The van der Waals surface area contributed by atoms with Crippen molar-refractivity contribution in [2.75, 3.05) is 31.6 Å². The number of carbonyl (C=O) groups is 1. The topological polar surface area (TPSA) is 57.7 Å². The molecule has 0 bridgehead atoms. The molecule has 1 aliphatic carbocycles. The zero-order valence-corrected chi connectivity index (χ0v) is 17.8. The molecule has 0 unspecified atom stereocenters. The second-order valence-corrected chi connectivity index (χ2v) is 11.2. The summed E-state index contributed by atoms with van der Waals surface area (Å²) in [5.41, 5.74) is 4.31. The van der Waals surface area contributed by atoms with Gasteiger partial charge < -0.3 is 4.90 Å². The van der Waals surface area contributed by atoms with Gasteiger partial charge in [-0.2, -0.15) is 0 Å². The van der Waals surface area contributed by atoms with Crippen LogP contribution in [0.1, 0.15) is 55.2 Å². The van der Waals surface area contributed by atoms with Gasteiger partial charge >= 0.3 is 0 Å². The highest BCUT2D eigenvalue weighted by Gasteiger charge is 2.45. The number of aryl methyl sites for hydroxylation is 2. The first-order chi connectivity index (χ1) is 13.3. The highest BCUT2D eigenvalue weighted by molar-refractivity contribution is 7.90. The Balaban J connectivity index is 1.41. The summed E-state index contributed by atoms with van der Waals surface area (Å²) in [5, 5.41) is 0. The van der Waals surface area contributed by atoms with Gasteiger partial charge in [0.15, 0.2) is 0 Å². The minimum Gasteiger partial charge on any atom is -0.336 e. The molecule has 4 rings (SSSR count). The van der Waals surface area contributed by atoms with Gasteiger partial charge in [-0.15, -0.1) is 0 Å². The van der Waals surface area contributed by atoms with Crippen molar-refractivity contribution in [3.63, 3.8) is 0 Å². The standard InChI is InChI=1S/C22H32N2O3S/c1-28(26,27)15-14-24-21(25)8-10-22(24)9-3-12-23(13-11-22)17-18-6-7-19-4-2-5-20(19)16-18/h6-7,16H,2-5,8-15,17H2,1H3/t22-/m1/s1. The molecule has 2 heterocycles. The van der Waals surface area contributed by atoms with Crippen LogP contribution in [0.25, 0.3) is 0 Å². The lowest BCUT2D eigenvalue weighted by molar-refractivity contribution is -0.131. The van der Waals surface area contributed by atoms with E-state index in [9.17, 15) is 13.2 Å². The van der Waals surface area contributed by atoms with Gasteiger partial charge in [-0.3, -0.25) is 9.69 Å². The van der Waals surface area contributed by atoms with E-state index in [2.05, 4.69) is 23.1 Å². The molecule has 5 nitrogen and oxygen atoms in total. The third kappa shape index (κ3) is 4.28. The van der Waals surface area contributed by atoms with E-state index in [0.717, 1.165) is 45.3 Å². The van der Waals surface area contributed by atoms with E-state index in [1.807, 2.05) is 4.90 Å². The van der Waals surface area contributed by atoms with Crippen LogP contribution in [0, 0.1) is 0 Å². The zero-order valence-electron chi connectivity index (χ0n) is 17.0. The van der Waals surface area contributed by atoms with Gasteiger partial charge in [0, 0.05) is 37.8 Å². The van der Waals surface area contributed by atoms with E-state index in [1.165, 1.54) is 42.2 Å². The Morgan fingerprint density at radius 2 is 1.82 bits per heavy atom. The third-order valence-electron chi connectivity index (χ3n) is 6.94. The number of hydrogen-bond donors (Lipinski definition) is 0. The van der Waals surface area contributed by atoms with Crippen molar-refractivity contribution >= 4 is 15.7 Å². The largest absolute Gasteiger partial charge is 0.336 e. The maximum Gasteiger partial charge on any atom is 0.223 e. The predicted molar refractivity (Wildman–Crippen MR) is 111 cm³/mol. The smallest absolute Gasteiger partial charge is 0.223 e. The van der Waals surface area contributed by atoms with E-state index < -0.39 is 9.84 Å². The average molecular weight is 405 g/mol. The van der Waals surface area contributed by atoms with Gasteiger partial charge in [-0.25, -0.2) is 8.42 Å². The molecule has 0 radical (unpaired) electrons. The summed E-state index contributed by atoms with van der Waals surface area (Å²) in [6.07, 6.45) is 9.41. The lowest BCUT2D eigenvalue weighted by Crippen LogP contribution is -2.48. The maximum absolute atomic E-state index is 12.5. The van der Waals surface area contributed by atoms with Crippen LogP contribution in [0.2, 0.25) is 0 Å². The molecule has 1 aromatic rings. The van der Waals surface area contributed by atoms with E-state index >= 15 is 0 Å². The number of likely N-dealkylation sites (tertiary alicyclic amines) is 2. The summed E-state index contributed by atoms with van der Waals surface area (Å²) >= 11 is 0. The van der Waals surface area contributed by atoms with Gasteiger partial charge in [-0.1, -0.05) is 18.2 Å². The van der Waals surface area contributed by atoms with Crippen LogP contribution in [0.5, 0.6) is 0 Å². The molecule has 1 amide bonds. The second kappa shape index (κ2) is 7.79. The Bertz CT molecular complexity index is 851. The first-order valence-corrected chi connectivity index (χ1v) is 12.7. The van der Waals surface area contributed by atoms with Crippen LogP contribution in [-0.4, -0.2) is 61.3 Å². The molecule has 1 aromatic carbocycles. The SMILES string of the molecule is CS(=O)(=O)CCN1C(=O)CC[C@@]12CCCN(Cc1ccc3c(c1)CCC3)CC2. The number of hydrogen-bond acceptors (Lipinski definition) is 4. The van der Waals surface area contributed by atoms with E-state index in [0.29, 0.717) is 13.0 Å². The number of sulfone groups is 1.